The van der Waals surface area contributed by atoms with Crippen LogP contribution in [0.5, 0.6) is 23.1 Å². The fourth-order valence-corrected chi connectivity index (χ4v) is 4.56. The molecule has 0 aliphatic rings. The van der Waals surface area contributed by atoms with Crippen LogP contribution in [0.2, 0.25) is 0 Å². The van der Waals surface area contributed by atoms with Crippen LogP contribution < -0.4 is 23.7 Å². The molecule has 3 rings (SSSR count). The Labute approximate surface area is 197 Å². The van der Waals surface area contributed by atoms with E-state index in [9.17, 15) is 13.2 Å². The van der Waals surface area contributed by atoms with E-state index in [1.807, 2.05) is 4.72 Å². The summed E-state index contributed by atoms with van der Waals surface area (Å²) in [5, 5.41) is 4.12. The number of nitrogens with one attached hydrogen (secondary N) is 1. The number of benzene rings is 1. The third-order valence-corrected chi connectivity index (χ3v) is 6.18. The highest BCUT2D eigenvalue weighted by Crippen LogP contribution is 2.42. The third-order valence-electron chi connectivity index (χ3n) is 4.80. The topological polar surface area (TPSA) is 131 Å². The van der Waals surface area contributed by atoms with Gasteiger partial charge in [0, 0.05) is 24.0 Å². The lowest BCUT2D eigenvalue weighted by atomic mass is 10.1. The van der Waals surface area contributed by atoms with Gasteiger partial charge in [0.2, 0.25) is 5.88 Å². The molecule has 34 heavy (non-hydrogen) atoms. The van der Waals surface area contributed by atoms with E-state index in [2.05, 4.69) is 16.7 Å². The Bertz CT molecular complexity index is 1310. The van der Waals surface area contributed by atoms with Crippen molar-refractivity contribution in [2.75, 3.05) is 28.4 Å². The molecule has 1 aromatic carbocycles. The van der Waals surface area contributed by atoms with Crippen LogP contribution in [0.15, 0.2) is 48.1 Å². The minimum atomic E-state index is -4.47. The van der Waals surface area contributed by atoms with Crippen molar-refractivity contribution in [3.63, 3.8) is 0 Å². The van der Waals surface area contributed by atoms with Gasteiger partial charge in [0.25, 0.3) is 15.9 Å². The van der Waals surface area contributed by atoms with Crippen LogP contribution in [-0.2, 0) is 16.6 Å². The molecule has 0 spiro atoms. The van der Waals surface area contributed by atoms with Crippen LogP contribution in [0.3, 0.4) is 0 Å². The van der Waals surface area contributed by atoms with Crippen LogP contribution in [-0.4, -0.2) is 57.5 Å². The van der Waals surface area contributed by atoms with E-state index >= 15 is 0 Å². The summed E-state index contributed by atoms with van der Waals surface area (Å²) in [6, 6.07) is 6.14. The molecule has 180 valence electrons. The predicted octanol–water partition coefficient (Wildman–Crippen LogP) is 2.12. The van der Waals surface area contributed by atoms with Crippen molar-refractivity contribution in [2.24, 2.45) is 0 Å². The number of amides is 1. The fraction of sp³-hybridized carbons (Fsp3) is 0.227. The average molecular weight is 489 g/mol. The zero-order valence-electron chi connectivity index (χ0n) is 19.1. The molecule has 0 bridgehead atoms. The minimum Gasteiger partial charge on any atom is -0.496 e. The van der Waals surface area contributed by atoms with E-state index in [4.69, 9.17) is 18.9 Å². The Balaban J connectivity index is 1.98. The number of pyridine rings is 1. The van der Waals surface area contributed by atoms with Crippen molar-refractivity contribution in [3.8, 4) is 23.1 Å². The molecule has 2 heterocycles. The quantitative estimate of drug-likeness (QED) is 0.456. The molecule has 0 aliphatic heterocycles. The summed E-state index contributed by atoms with van der Waals surface area (Å²) in [7, 11) is 0.909. The van der Waals surface area contributed by atoms with Gasteiger partial charge in [-0.25, -0.2) is 18.1 Å². The van der Waals surface area contributed by atoms with Crippen LogP contribution in [0.4, 0.5) is 0 Å². The zero-order valence-corrected chi connectivity index (χ0v) is 19.9. The van der Waals surface area contributed by atoms with Crippen molar-refractivity contribution < 1.29 is 32.2 Å². The molecule has 11 nitrogen and oxygen atoms in total. The lowest BCUT2D eigenvalue weighted by Gasteiger charge is -2.18. The summed E-state index contributed by atoms with van der Waals surface area (Å²) in [6.45, 7) is 4.03. The molecule has 0 saturated carbocycles. The molecule has 0 fully saturated rings. The number of hydrogen-bond donors (Lipinski definition) is 1. The summed E-state index contributed by atoms with van der Waals surface area (Å²) < 4.78 is 51.3. The van der Waals surface area contributed by atoms with Crippen LogP contribution in [0, 0.1) is 0 Å². The summed E-state index contributed by atoms with van der Waals surface area (Å²) in [5.74, 6) is -0.697. The monoisotopic (exact) mass is 488 g/mol. The van der Waals surface area contributed by atoms with Gasteiger partial charge in [-0.15, -0.1) is 0 Å². The molecule has 12 heteroatoms. The molecule has 1 amide bonds. The second-order valence-corrected chi connectivity index (χ2v) is 8.38. The number of methoxy groups -OCH3 is 4. The van der Waals surface area contributed by atoms with E-state index < -0.39 is 15.9 Å². The first-order chi connectivity index (χ1) is 16.3. The molecule has 3 aromatic rings. The molecular formula is C22H24N4O7S. The van der Waals surface area contributed by atoms with Crippen molar-refractivity contribution in [3.05, 3.63) is 60.1 Å². The molecule has 0 saturated heterocycles. The van der Waals surface area contributed by atoms with E-state index in [-0.39, 0.29) is 39.3 Å². The van der Waals surface area contributed by atoms with E-state index in [0.29, 0.717) is 12.1 Å². The minimum absolute atomic E-state index is 0.0836. The highest BCUT2D eigenvalue weighted by molar-refractivity contribution is 7.90. The molecule has 0 atom stereocenters. The second-order valence-electron chi connectivity index (χ2n) is 6.76. The first-order valence-electron chi connectivity index (χ1n) is 9.83. The van der Waals surface area contributed by atoms with Gasteiger partial charge < -0.3 is 18.9 Å². The van der Waals surface area contributed by atoms with Gasteiger partial charge in [-0.2, -0.15) is 5.10 Å². The highest BCUT2D eigenvalue weighted by atomic mass is 32.2. The molecular weight excluding hydrogens is 464 g/mol. The molecule has 0 aliphatic carbocycles. The Kier molecular flexibility index (Phi) is 7.41. The SMILES string of the molecule is C=Cc1c(OC)cc(OC)c(S(=O)(=O)NC(=O)c2ccc(Cn3cccn3)c(OC)n2)c1OC. The number of carbonyl (C=O) groups excluding carboxylic acids is 1. The summed E-state index contributed by atoms with van der Waals surface area (Å²) in [5.41, 5.74) is 0.765. The second kappa shape index (κ2) is 10.3. The average Bonchev–Trinajstić information content (AvgIpc) is 3.35. The van der Waals surface area contributed by atoms with Gasteiger partial charge >= 0.3 is 0 Å². The van der Waals surface area contributed by atoms with Crippen molar-refractivity contribution in [2.45, 2.75) is 11.4 Å². The van der Waals surface area contributed by atoms with Gasteiger partial charge in [0.1, 0.15) is 17.2 Å². The van der Waals surface area contributed by atoms with Gasteiger partial charge in [0.05, 0.1) is 40.5 Å². The van der Waals surface area contributed by atoms with Crippen molar-refractivity contribution in [1.82, 2.24) is 19.5 Å². The number of nitrogens with zero attached hydrogens (tertiary/aromatic N) is 3. The predicted molar refractivity (Wildman–Crippen MR) is 123 cm³/mol. The Morgan fingerprint density at radius 2 is 1.85 bits per heavy atom. The van der Waals surface area contributed by atoms with Crippen molar-refractivity contribution in [1.29, 1.82) is 0 Å². The van der Waals surface area contributed by atoms with E-state index in [1.165, 1.54) is 46.6 Å². The van der Waals surface area contributed by atoms with Gasteiger partial charge in [-0.3, -0.25) is 9.48 Å². The van der Waals surface area contributed by atoms with Crippen LogP contribution >= 0.6 is 0 Å². The Hall–Kier alpha value is -4.06. The highest BCUT2D eigenvalue weighted by Gasteiger charge is 2.31. The van der Waals surface area contributed by atoms with Crippen LogP contribution in [0.25, 0.3) is 6.08 Å². The molecule has 2 aromatic heterocycles. The van der Waals surface area contributed by atoms with Crippen molar-refractivity contribution >= 4 is 22.0 Å². The van der Waals surface area contributed by atoms with E-state index in [0.717, 1.165) is 0 Å². The van der Waals surface area contributed by atoms with Gasteiger partial charge in [-0.05, 0) is 18.2 Å². The molecule has 0 radical (unpaired) electrons. The standard InChI is InChI=1S/C22H24N4O7S/c1-6-15-17(30-2)12-18(31-3)20(19(15)32-4)34(28,29)25-21(27)16-9-8-14(22(24-16)33-5)13-26-11-7-10-23-26/h6-12H,1,13H2,2-5H3,(H,25,27). The zero-order chi connectivity index (χ0) is 24.9. The molecule has 1 N–H and O–H groups in total. The number of hydrogen-bond acceptors (Lipinski definition) is 9. The number of ether oxygens (including phenoxy) is 4. The lowest BCUT2D eigenvalue weighted by molar-refractivity contribution is 0.0975. The first-order valence-corrected chi connectivity index (χ1v) is 11.3. The summed E-state index contributed by atoms with van der Waals surface area (Å²) >= 11 is 0. The number of sulfonamides is 1. The first kappa shape index (κ1) is 24.6. The summed E-state index contributed by atoms with van der Waals surface area (Å²) in [6.07, 6.45) is 4.77. The largest absolute Gasteiger partial charge is 0.496 e. The Morgan fingerprint density at radius 1 is 1.12 bits per heavy atom. The third kappa shape index (κ3) is 4.81. The number of rotatable bonds is 10. The maximum absolute atomic E-state index is 13.2. The maximum Gasteiger partial charge on any atom is 0.283 e. The fourth-order valence-electron chi connectivity index (χ4n) is 3.27. The van der Waals surface area contributed by atoms with E-state index in [1.54, 1.807) is 29.2 Å². The lowest BCUT2D eigenvalue weighted by Crippen LogP contribution is -2.32. The summed E-state index contributed by atoms with van der Waals surface area (Å²) in [4.78, 5) is 16.6. The van der Waals surface area contributed by atoms with Gasteiger partial charge in [0.15, 0.2) is 10.6 Å². The van der Waals surface area contributed by atoms with Gasteiger partial charge in [-0.1, -0.05) is 12.7 Å². The number of aromatic nitrogens is 3. The van der Waals surface area contributed by atoms with Crippen LogP contribution in [0.1, 0.15) is 21.6 Å². The number of carbonyl (C=O) groups is 1. The smallest absolute Gasteiger partial charge is 0.283 e. The normalized spacial score (nSPS) is 10.9. The maximum atomic E-state index is 13.2. The molecule has 0 unspecified atom stereocenters. The Morgan fingerprint density at radius 3 is 2.41 bits per heavy atom.